The molecule has 3 N–H and O–H groups in total. The molecule has 12 heteroatoms. The summed E-state index contributed by atoms with van der Waals surface area (Å²) in [7, 11) is 0. The highest BCUT2D eigenvalue weighted by Gasteiger charge is 2.25. The number of aliphatic hydroxyl groups excluding tert-OH is 1. The van der Waals surface area contributed by atoms with Crippen molar-refractivity contribution in [3.63, 3.8) is 0 Å². The van der Waals surface area contributed by atoms with Crippen LogP contribution in [0.4, 0.5) is 11.4 Å². The van der Waals surface area contributed by atoms with E-state index in [9.17, 15) is 34.4 Å². The van der Waals surface area contributed by atoms with Crippen LogP contribution in [0.3, 0.4) is 0 Å². The number of imide groups is 1. The molecule has 0 spiro atoms. The molecule has 0 aromatic heterocycles. The van der Waals surface area contributed by atoms with Gasteiger partial charge in [0.15, 0.2) is 0 Å². The molecule has 3 rings (SSSR count). The summed E-state index contributed by atoms with van der Waals surface area (Å²) < 4.78 is 5.72. The minimum Gasteiger partial charge on any atom is -0.487 e. The average Bonchev–Trinajstić information content (AvgIpc) is 3.14. The minimum absolute atomic E-state index is 0.0548. The number of aliphatic hydroxyl groups is 1. The number of hydrogen-bond acceptors (Lipinski definition) is 8. The molecule has 0 saturated carbocycles. The summed E-state index contributed by atoms with van der Waals surface area (Å²) in [6.07, 6.45) is 2.10. The quantitative estimate of drug-likeness (QED) is 0.259. The fraction of sp³-hybridized carbons (Fsp3) is 0.182. The number of nitro benzene ring substituents is 1. The molecule has 0 saturated heterocycles. The van der Waals surface area contributed by atoms with E-state index in [-0.39, 0.29) is 30.3 Å². The molecule has 0 unspecified atom stereocenters. The fourth-order valence-corrected chi connectivity index (χ4v) is 2.93. The summed E-state index contributed by atoms with van der Waals surface area (Å²) >= 11 is 0. The number of carbonyl (C=O) groups excluding carboxylic acids is 4. The van der Waals surface area contributed by atoms with Crippen molar-refractivity contribution in [3.8, 4) is 5.75 Å². The Morgan fingerprint density at radius 2 is 1.65 bits per heavy atom. The zero-order valence-electron chi connectivity index (χ0n) is 17.7. The predicted octanol–water partition coefficient (Wildman–Crippen LogP) is 0.646. The van der Waals surface area contributed by atoms with E-state index in [2.05, 4.69) is 10.6 Å². The van der Waals surface area contributed by atoms with Gasteiger partial charge in [-0.1, -0.05) is 6.07 Å². The number of carbonyl (C=O) groups is 4. The molecular formula is C22H20N4O8. The van der Waals surface area contributed by atoms with E-state index in [0.29, 0.717) is 11.1 Å². The number of hydrogen-bond donors (Lipinski definition) is 3. The van der Waals surface area contributed by atoms with Crippen LogP contribution in [0.15, 0.2) is 54.6 Å². The van der Waals surface area contributed by atoms with Gasteiger partial charge in [0.25, 0.3) is 17.5 Å². The molecule has 0 atom stereocenters. The zero-order valence-corrected chi connectivity index (χ0v) is 17.7. The highest BCUT2D eigenvalue weighted by atomic mass is 16.6. The number of amides is 4. The molecular weight excluding hydrogens is 448 g/mol. The lowest BCUT2D eigenvalue weighted by molar-refractivity contribution is -0.384. The summed E-state index contributed by atoms with van der Waals surface area (Å²) in [6.45, 7) is -1.18. The summed E-state index contributed by atoms with van der Waals surface area (Å²) in [5.74, 6) is -2.25. The van der Waals surface area contributed by atoms with E-state index in [1.807, 2.05) is 0 Å². The monoisotopic (exact) mass is 468 g/mol. The van der Waals surface area contributed by atoms with Crippen LogP contribution < -0.4 is 15.4 Å². The Labute approximate surface area is 193 Å². The molecule has 34 heavy (non-hydrogen) atoms. The van der Waals surface area contributed by atoms with Crippen LogP contribution in [0.2, 0.25) is 0 Å². The predicted molar refractivity (Wildman–Crippen MR) is 117 cm³/mol. The molecule has 12 nitrogen and oxygen atoms in total. The van der Waals surface area contributed by atoms with Gasteiger partial charge in [-0.2, -0.15) is 0 Å². The van der Waals surface area contributed by atoms with E-state index in [4.69, 9.17) is 4.74 Å². The van der Waals surface area contributed by atoms with Gasteiger partial charge in [0.1, 0.15) is 18.9 Å². The minimum atomic E-state index is -0.695. The van der Waals surface area contributed by atoms with E-state index in [0.717, 1.165) is 17.1 Å². The standard InChI is InChI=1S/C22H20N4O8/c27-12-15-3-6-18(34-13-14-1-4-16(5-2-14)26(32)33)17(9-15)24-19(28)10-23-20(29)11-25-21(30)7-8-22(25)31/h1-9,27H,10-13H2,(H,23,29)(H,24,28). The molecule has 1 aliphatic rings. The highest BCUT2D eigenvalue weighted by molar-refractivity contribution is 6.14. The topological polar surface area (TPSA) is 168 Å². The number of benzene rings is 2. The van der Waals surface area contributed by atoms with Crippen molar-refractivity contribution in [2.75, 3.05) is 18.4 Å². The van der Waals surface area contributed by atoms with Crippen LogP contribution in [0, 0.1) is 10.1 Å². The van der Waals surface area contributed by atoms with Crippen molar-refractivity contribution in [2.45, 2.75) is 13.2 Å². The first-order valence-corrected chi connectivity index (χ1v) is 9.97. The first-order valence-electron chi connectivity index (χ1n) is 9.97. The number of nitro groups is 1. The smallest absolute Gasteiger partial charge is 0.269 e. The maximum atomic E-state index is 12.3. The van der Waals surface area contributed by atoms with Crippen LogP contribution in [0.25, 0.3) is 0 Å². The fourth-order valence-electron chi connectivity index (χ4n) is 2.93. The largest absolute Gasteiger partial charge is 0.487 e. The van der Waals surface area contributed by atoms with Gasteiger partial charge in [0.05, 0.1) is 23.8 Å². The number of nitrogens with one attached hydrogen (secondary N) is 2. The van der Waals surface area contributed by atoms with Crippen molar-refractivity contribution < 1.29 is 33.9 Å². The van der Waals surface area contributed by atoms with Crippen LogP contribution in [0.1, 0.15) is 11.1 Å². The second-order valence-electron chi connectivity index (χ2n) is 7.12. The normalized spacial score (nSPS) is 12.6. The molecule has 0 bridgehead atoms. The molecule has 2 aromatic rings. The Kier molecular flexibility index (Phi) is 7.67. The number of anilines is 1. The SMILES string of the molecule is O=C(CN1C(=O)C=CC1=O)NCC(=O)Nc1cc(CO)ccc1OCc1ccc([N+](=O)[O-])cc1. The molecule has 2 aromatic carbocycles. The molecule has 1 aliphatic heterocycles. The Bertz CT molecular complexity index is 1140. The van der Waals surface area contributed by atoms with Crippen LogP contribution in [0.5, 0.6) is 5.75 Å². The van der Waals surface area contributed by atoms with E-state index < -0.39 is 41.6 Å². The second-order valence-corrected chi connectivity index (χ2v) is 7.12. The Balaban J connectivity index is 1.58. The third-order valence-electron chi connectivity index (χ3n) is 4.69. The summed E-state index contributed by atoms with van der Waals surface area (Å²) in [6, 6.07) is 10.4. The number of nitrogens with zero attached hydrogens (tertiary/aromatic N) is 2. The summed E-state index contributed by atoms with van der Waals surface area (Å²) in [4.78, 5) is 58.3. The van der Waals surface area contributed by atoms with Crippen LogP contribution >= 0.6 is 0 Å². The van der Waals surface area contributed by atoms with Gasteiger partial charge in [0.2, 0.25) is 11.8 Å². The van der Waals surface area contributed by atoms with E-state index in [1.165, 1.54) is 18.2 Å². The molecule has 1 heterocycles. The molecule has 0 radical (unpaired) electrons. The molecule has 176 valence electrons. The highest BCUT2D eigenvalue weighted by Crippen LogP contribution is 2.27. The molecule has 0 aliphatic carbocycles. The van der Waals surface area contributed by atoms with Crippen LogP contribution in [-0.2, 0) is 32.4 Å². The Morgan fingerprint density at radius 3 is 2.26 bits per heavy atom. The number of rotatable bonds is 10. The van der Waals surface area contributed by atoms with Crippen molar-refractivity contribution in [3.05, 3.63) is 75.9 Å². The Hall–Kier alpha value is -4.58. The van der Waals surface area contributed by atoms with Gasteiger partial charge in [-0.15, -0.1) is 0 Å². The van der Waals surface area contributed by atoms with Crippen LogP contribution in [-0.4, -0.2) is 51.6 Å². The first kappa shape index (κ1) is 24.1. The summed E-state index contributed by atoms with van der Waals surface area (Å²) in [5, 5.41) is 25.0. The van der Waals surface area contributed by atoms with Crippen molar-refractivity contribution >= 4 is 35.0 Å². The van der Waals surface area contributed by atoms with Gasteiger partial charge < -0.3 is 20.5 Å². The van der Waals surface area contributed by atoms with Crippen molar-refractivity contribution in [1.82, 2.24) is 10.2 Å². The lowest BCUT2D eigenvalue weighted by Crippen LogP contribution is -2.42. The lowest BCUT2D eigenvalue weighted by Gasteiger charge is -2.15. The third-order valence-corrected chi connectivity index (χ3v) is 4.69. The first-order chi connectivity index (χ1) is 16.3. The van der Waals surface area contributed by atoms with Gasteiger partial charge in [-0.3, -0.25) is 34.2 Å². The molecule has 4 amide bonds. The molecule has 0 fully saturated rings. The average molecular weight is 468 g/mol. The lowest BCUT2D eigenvalue weighted by atomic mass is 10.2. The third kappa shape index (κ3) is 6.23. The maximum absolute atomic E-state index is 12.3. The van der Waals surface area contributed by atoms with Gasteiger partial charge in [-0.25, -0.2) is 0 Å². The van der Waals surface area contributed by atoms with Gasteiger partial charge >= 0.3 is 0 Å². The van der Waals surface area contributed by atoms with Crippen molar-refractivity contribution in [1.29, 1.82) is 0 Å². The number of ether oxygens (including phenoxy) is 1. The van der Waals surface area contributed by atoms with E-state index >= 15 is 0 Å². The van der Waals surface area contributed by atoms with Gasteiger partial charge in [-0.05, 0) is 35.4 Å². The van der Waals surface area contributed by atoms with Crippen molar-refractivity contribution in [2.24, 2.45) is 0 Å². The summed E-state index contributed by atoms with van der Waals surface area (Å²) in [5.41, 5.74) is 1.34. The second kappa shape index (κ2) is 10.8. The number of non-ortho nitro benzene ring substituents is 1. The van der Waals surface area contributed by atoms with Gasteiger partial charge in [0, 0.05) is 24.3 Å². The Morgan fingerprint density at radius 1 is 1.00 bits per heavy atom. The van der Waals surface area contributed by atoms with E-state index in [1.54, 1.807) is 24.3 Å². The maximum Gasteiger partial charge on any atom is 0.269 e. The zero-order chi connectivity index (χ0) is 24.7.